The fraction of sp³-hybridized carbons (Fsp3) is 0.0392. The van der Waals surface area contributed by atoms with Crippen molar-refractivity contribution in [2.75, 3.05) is 0 Å². The van der Waals surface area contributed by atoms with Gasteiger partial charge >= 0.3 is 0 Å². The Hall–Kier alpha value is -7.15. The van der Waals surface area contributed by atoms with Gasteiger partial charge < -0.3 is 8.98 Å². The van der Waals surface area contributed by atoms with E-state index in [9.17, 15) is 0 Å². The Labute approximate surface area is 331 Å². The van der Waals surface area contributed by atoms with Crippen molar-refractivity contribution in [1.29, 1.82) is 0 Å². The topological polar surface area (TPSA) is 56.7 Å². The second-order valence-corrected chi connectivity index (χ2v) is 15.7. The molecule has 11 aromatic rings. The molecular weight excluding hydrogens is 717 g/mol. The van der Waals surface area contributed by atoms with Crippen molar-refractivity contribution in [3.05, 3.63) is 182 Å². The molecule has 4 heterocycles. The Balaban J connectivity index is 1.03. The third kappa shape index (κ3) is 5.04. The van der Waals surface area contributed by atoms with Crippen LogP contribution in [-0.4, -0.2) is 19.5 Å². The highest BCUT2D eigenvalue weighted by atomic mass is 32.1. The van der Waals surface area contributed by atoms with Crippen molar-refractivity contribution in [3.63, 3.8) is 0 Å². The molecule has 7 aromatic carbocycles. The number of hydrogen-bond donors (Lipinski definition) is 0. The lowest BCUT2D eigenvalue weighted by molar-refractivity contribution is 0.668. The van der Waals surface area contributed by atoms with Crippen LogP contribution in [0.2, 0.25) is 0 Å². The van der Waals surface area contributed by atoms with Gasteiger partial charge in [-0.1, -0.05) is 127 Å². The number of benzene rings is 7. The van der Waals surface area contributed by atoms with Gasteiger partial charge in [0.1, 0.15) is 17.0 Å². The zero-order chi connectivity index (χ0) is 37.5. The molecule has 1 unspecified atom stereocenters. The van der Waals surface area contributed by atoms with Gasteiger partial charge in [0.2, 0.25) is 0 Å². The maximum atomic E-state index is 6.70. The molecule has 1 atom stereocenters. The maximum absolute atomic E-state index is 6.70. The summed E-state index contributed by atoms with van der Waals surface area (Å²) in [4.78, 5) is 15.3. The molecule has 268 valence electrons. The third-order valence-electron chi connectivity index (χ3n) is 11.4. The molecule has 6 heteroatoms. The summed E-state index contributed by atoms with van der Waals surface area (Å²) in [5.41, 5.74) is 9.49. The Morgan fingerprint density at radius 1 is 0.544 bits per heavy atom. The SMILES string of the molecule is C1=CCC(c2nc(-c3ccccc3)nc(-c3cccc4c3sc3cccc(-c5cccc6oc7cc(-n8c9ccccc9c9ccccc98)ccc7c56)c34)n2)C=C1. The lowest BCUT2D eigenvalue weighted by atomic mass is 9.95. The van der Waals surface area contributed by atoms with Crippen LogP contribution in [0.3, 0.4) is 0 Å². The van der Waals surface area contributed by atoms with E-state index in [0.717, 1.165) is 61.3 Å². The summed E-state index contributed by atoms with van der Waals surface area (Å²) in [5.74, 6) is 2.27. The first-order valence-electron chi connectivity index (χ1n) is 19.3. The molecule has 0 radical (unpaired) electrons. The molecule has 0 saturated carbocycles. The van der Waals surface area contributed by atoms with E-state index in [2.05, 4.69) is 162 Å². The largest absolute Gasteiger partial charge is 0.456 e. The van der Waals surface area contributed by atoms with Gasteiger partial charge in [0.15, 0.2) is 11.6 Å². The summed E-state index contributed by atoms with van der Waals surface area (Å²) >= 11 is 1.80. The van der Waals surface area contributed by atoms with Crippen molar-refractivity contribution < 1.29 is 4.42 Å². The predicted molar refractivity (Wildman–Crippen MR) is 236 cm³/mol. The number of para-hydroxylation sites is 2. The van der Waals surface area contributed by atoms with Crippen LogP contribution in [0.1, 0.15) is 18.2 Å². The van der Waals surface area contributed by atoms with Crippen molar-refractivity contribution in [3.8, 4) is 39.6 Å². The van der Waals surface area contributed by atoms with E-state index in [1.807, 2.05) is 18.2 Å². The van der Waals surface area contributed by atoms with Crippen LogP contribution in [0.15, 0.2) is 180 Å². The van der Waals surface area contributed by atoms with E-state index in [1.54, 1.807) is 11.3 Å². The molecule has 0 amide bonds. The molecular formula is C51H32N4OS. The molecule has 12 rings (SSSR count). The Kier molecular flexibility index (Phi) is 7.16. The summed E-state index contributed by atoms with van der Waals surface area (Å²) in [6.45, 7) is 0. The number of allylic oxidation sites excluding steroid dienone is 4. The number of thiophene rings is 1. The zero-order valence-electron chi connectivity index (χ0n) is 30.6. The molecule has 1 aliphatic carbocycles. The van der Waals surface area contributed by atoms with E-state index < -0.39 is 0 Å². The smallest absolute Gasteiger partial charge is 0.165 e. The standard InChI is InChI=1S/C51H32N4OS/c1-3-14-31(15-4-1)49-52-50(32-16-5-2-6-17-32)54-51(53-49)40-23-11-22-39-47-37(21-13-27-45(47)57-48(39)40)36-20-12-26-43-46(36)38-29-28-33(30-44(38)56-43)55-41-24-9-7-18-34(41)35-19-8-10-25-42(35)55/h1-16,18-30,32H,17H2. The first-order valence-corrected chi connectivity index (χ1v) is 20.1. The highest BCUT2D eigenvalue weighted by molar-refractivity contribution is 7.26. The van der Waals surface area contributed by atoms with Crippen molar-refractivity contribution >= 4 is 75.3 Å². The van der Waals surface area contributed by atoms with E-state index in [-0.39, 0.29) is 5.92 Å². The molecule has 0 spiro atoms. The quantitative estimate of drug-likeness (QED) is 0.176. The van der Waals surface area contributed by atoms with Crippen molar-refractivity contribution in [2.45, 2.75) is 12.3 Å². The zero-order valence-corrected chi connectivity index (χ0v) is 31.4. The molecule has 0 aliphatic heterocycles. The summed E-state index contributed by atoms with van der Waals surface area (Å²) in [7, 11) is 0. The van der Waals surface area contributed by atoms with E-state index in [4.69, 9.17) is 19.4 Å². The fourth-order valence-electron chi connectivity index (χ4n) is 8.79. The third-order valence-corrected chi connectivity index (χ3v) is 12.6. The normalized spacial score (nSPS) is 14.3. The summed E-state index contributed by atoms with van der Waals surface area (Å²) in [6, 6.07) is 53.7. The fourth-order valence-corrected chi connectivity index (χ4v) is 10.0. The lowest BCUT2D eigenvalue weighted by Crippen LogP contribution is -2.07. The highest BCUT2D eigenvalue weighted by Crippen LogP contribution is 2.46. The van der Waals surface area contributed by atoms with Crippen LogP contribution in [0.4, 0.5) is 0 Å². The van der Waals surface area contributed by atoms with Gasteiger partial charge in [-0.05, 0) is 60.0 Å². The van der Waals surface area contributed by atoms with Gasteiger partial charge in [-0.2, -0.15) is 0 Å². The van der Waals surface area contributed by atoms with Gasteiger partial charge in [-0.15, -0.1) is 11.3 Å². The van der Waals surface area contributed by atoms with Crippen LogP contribution >= 0.6 is 11.3 Å². The van der Waals surface area contributed by atoms with E-state index in [1.165, 1.54) is 42.8 Å². The highest BCUT2D eigenvalue weighted by Gasteiger charge is 2.22. The van der Waals surface area contributed by atoms with Crippen LogP contribution in [0.5, 0.6) is 0 Å². The monoisotopic (exact) mass is 748 g/mol. The Morgan fingerprint density at radius 3 is 2.05 bits per heavy atom. The minimum atomic E-state index is 0.0933. The van der Waals surface area contributed by atoms with Crippen LogP contribution in [0.25, 0.3) is 104 Å². The van der Waals surface area contributed by atoms with E-state index in [0.29, 0.717) is 11.6 Å². The number of hydrogen-bond acceptors (Lipinski definition) is 5. The number of aromatic nitrogens is 4. The van der Waals surface area contributed by atoms with Crippen molar-refractivity contribution in [1.82, 2.24) is 19.5 Å². The number of furan rings is 1. The number of nitrogens with zero attached hydrogens (tertiary/aromatic N) is 4. The molecule has 1 aliphatic rings. The summed E-state index contributed by atoms with van der Waals surface area (Å²) in [6.07, 6.45) is 9.40. The molecule has 4 aromatic heterocycles. The number of fused-ring (bicyclic) bond motifs is 9. The molecule has 0 saturated heterocycles. The molecule has 57 heavy (non-hydrogen) atoms. The average molecular weight is 749 g/mol. The van der Waals surface area contributed by atoms with Crippen LogP contribution < -0.4 is 0 Å². The maximum Gasteiger partial charge on any atom is 0.165 e. The number of rotatable bonds is 5. The first kappa shape index (κ1) is 32.1. The van der Waals surface area contributed by atoms with Crippen LogP contribution in [-0.2, 0) is 0 Å². The van der Waals surface area contributed by atoms with Gasteiger partial charge in [-0.25, -0.2) is 15.0 Å². The van der Waals surface area contributed by atoms with Crippen molar-refractivity contribution in [2.24, 2.45) is 0 Å². The van der Waals surface area contributed by atoms with Crippen LogP contribution in [0, 0.1) is 0 Å². The molecule has 0 fully saturated rings. The Bertz CT molecular complexity index is 3410. The lowest BCUT2D eigenvalue weighted by Gasteiger charge is -2.14. The second-order valence-electron chi connectivity index (χ2n) is 14.7. The van der Waals surface area contributed by atoms with Gasteiger partial charge in [0.25, 0.3) is 0 Å². The minimum Gasteiger partial charge on any atom is -0.456 e. The predicted octanol–water partition coefficient (Wildman–Crippen LogP) is 13.8. The second kappa shape index (κ2) is 12.7. The van der Waals surface area contributed by atoms with Gasteiger partial charge in [0.05, 0.1) is 11.0 Å². The van der Waals surface area contributed by atoms with Gasteiger partial charge in [0, 0.05) is 70.5 Å². The van der Waals surface area contributed by atoms with Gasteiger partial charge in [-0.3, -0.25) is 0 Å². The minimum absolute atomic E-state index is 0.0933. The Morgan fingerprint density at radius 2 is 1.25 bits per heavy atom. The molecule has 0 bridgehead atoms. The van der Waals surface area contributed by atoms with E-state index >= 15 is 0 Å². The summed E-state index contributed by atoms with van der Waals surface area (Å²) in [5, 5.41) is 7.11. The average Bonchev–Trinajstić information content (AvgIpc) is 3.96. The molecule has 0 N–H and O–H groups in total. The first-order chi connectivity index (χ1) is 28.3. The molecule has 5 nitrogen and oxygen atoms in total. The summed E-state index contributed by atoms with van der Waals surface area (Å²) < 4.78 is 11.4.